The molecule has 10 heteroatoms. The fraction of sp³-hybridized carbons (Fsp3) is 0.548. The number of amides is 3. The summed E-state index contributed by atoms with van der Waals surface area (Å²) in [6, 6.07) is 12.7. The van der Waals surface area contributed by atoms with Gasteiger partial charge in [-0.3, -0.25) is 9.69 Å². The largest absolute Gasteiger partial charge is 0.416 e. The first-order valence-corrected chi connectivity index (χ1v) is 14.5. The number of hydrogen-bond acceptors (Lipinski definition) is 4. The Hall–Kier alpha value is -3.11. The van der Waals surface area contributed by atoms with E-state index in [1.807, 2.05) is 16.8 Å². The van der Waals surface area contributed by atoms with Gasteiger partial charge in [-0.1, -0.05) is 24.3 Å². The highest BCUT2D eigenvalue weighted by molar-refractivity contribution is 5.95. The first kappa shape index (κ1) is 29.4. The fourth-order valence-corrected chi connectivity index (χ4v) is 6.41. The Morgan fingerprint density at radius 1 is 0.756 bits per heavy atom. The molecule has 0 saturated carbocycles. The molecule has 2 unspecified atom stereocenters. The lowest BCUT2D eigenvalue weighted by molar-refractivity contribution is -0.137. The average Bonchev–Trinajstić information content (AvgIpc) is 3.67. The van der Waals surface area contributed by atoms with Crippen molar-refractivity contribution in [1.29, 1.82) is 0 Å². The number of urea groups is 1. The first-order chi connectivity index (χ1) is 19.5. The summed E-state index contributed by atoms with van der Waals surface area (Å²) < 4.78 is 38.6. The van der Waals surface area contributed by atoms with Gasteiger partial charge >= 0.3 is 12.2 Å². The maximum absolute atomic E-state index is 13.4. The smallest absolute Gasteiger partial charge is 0.337 e. The molecular weight excluding hydrogens is 531 g/mol. The molecular formula is C31H40F3N5O2. The van der Waals surface area contributed by atoms with Crippen LogP contribution >= 0.6 is 0 Å². The third-order valence-electron chi connectivity index (χ3n) is 9.23. The molecule has 0 N–H and O–H groups in total. The normalized spacial score (nSPS) is 22.7. The van der Waals surface area contributed by atoms with Crippen LogP contribution in [-0.2, 0) is 6.18 Å². The van der Waals surface area contributed by atoms with E-state index >= 15 is 0 Å². The molecule has 41 heavy (non-hydrogen) atoms. The number of nitrogens with zero attached hydrogens (tertiary/aromatic N) is 5. The Kier molecular flexibility index (Phi) is 8.61. The Morgan fingerprint density at radius 3 is 1.93 bits per heavy atom. The van der Waals surface area contributed by atoms with E-state index in [2.05, 4.69) is 16.8 Å². The minimum Gasteiger partial charge on any atom is -0.337 e. The number of hydrogen-bond donors (Lipinski definition) is 0. The molecule has 2 aromatic rings. The topological polar surface area (TPSA) is 50.3 Å². The van der Waals surface area contributed by atoms with E-state index in [0.717, 1.165) is 56.7 Å². The van der Waals surface area contributed by atoms with Gasteiger partial charge in [0.15, 0.2) is 0 Å². The second-order valence-electron chi connectivity index (χ2n) is 11.8. The highest BCUT2D eigenvalue weighted by Gasteiger charge is 2.37. The Bertz CT molecular complexity index is 1210. The minimum atomic E-state index is -4.38. The molecule has 3 amide bonds. The Labute approximate surface area is 240 Å². The summed E-state index contributed by atoms with van der Waals surface area (Å²) in [5, 5.41) is 0. The average molecular weight is 572 g/mol. The summed E-state index contributed by atoms with van der Waals surface area (Å²) in [4.78, 5) is 37.0. The number of likely N-dealkylation sites (tertiary alicyclic amines) is 3. The molecule has 0 aliphatic carbocycles. The first-order valence-electron chi connectivity index (χ1n) is 14.5. The number of likely N-dealkylation sites (N-methyl/N-ethyl adjacent to an activating group) is 2. The predicted octanol–water partition coefficient (Wildman–Crippen LogP) is 4.74. The van der Waals surface area contributed by atoms with Crippen LogP contribution in [0.4, 0.5) is 18.0 Å². The van der Waals surface area contributed by atoms with Crippen LogP contribution in [0.5, 0.6) is 0 Å². The van der Waals surface area contributed by atoms with Crippen LogP contribution in [0.1, 0.15) is 41.6 Å². The van der Waals surface area contributed by atoms with Crippen molar-refractivity contribution in [2.45, 2.75) is 50.0 Å². The number of halogens is 3. The van der Waals surface area contributed by atoms with E-state index < -0.39 is 11.7 Å². The van der Waals surface area contributed by atoms with Gasteiger partial charge in [0.1, 0.15) is 0 Å². The number of rotatable bonds is 5. The second kappa shape index (κ2) is 12.0. The van der Waals surface area contributed by atoms with Gasteiger partial charge < -0.3 is 19.6 Å². The maximum atomic E-state index is 13.4. The van der Waals surface area contributed by atoms with Gasteiger partial charge in [-0.25, -0.2) is 4.79 Å². The lowest BCUT2D eigenvalue weighted by Crippen LogP contribution is -2.48. The molecule has 0 bridgehead atoms. The van der Waals surface area contributed by atoms with Gasteiger partial charge in [-0.05, 0) is 81.2 Å². The van der Waals surface area contributed by atoms with Gasteiger partial charge in [0.05, 0.1) is 11.6 Å². The summed E-state index contributed by atoms with van der Waals surface area (Å²) in [5.74, 6) is -0.138. The van der Waals surface area contributed by atoms with Crippen LogP contribution in [0.25, 0.3) is 11.1 Å². The number of benzene rings is 2. The molecule has 3 aliphatic heterocycles. The quantitative estimate of drug-likeness (QED) is 0.521. The highest BCUT2D eigenvalue weighted by Crippen LogP contribution is 2.31. The minimum absolute atomic E-state index is 0.0319. The van der Waals surface area contributed by atoms with E-state index in [1.165, 1.54) is 25.0 Å². The Balaban J connectivity index is 1.13. The van der Waals surface area contributed by atoms with Crippen molar-refractivity contribution in [3.8, 4) is 11.1 Å². The van der Waals surface area contributed by atoms with Gasteiger partial charge in [0.2, 0.25) is 0 Å². The van der Waals surface area contributed by atoms with Crippen LogP contribution in [0.2, 0.25) is 0 Å². The van der Waals surface area contributed by atoms with Crippen LogP contribution in [-0.4, -0.2) is 115 Å². The standard InChI is InChI=1S/C31H40F3N5O2/c1-35-16-12-26(13-17-35)38-18-14-28(20-38)37(3)30(41)39-19-15-27(21-39)36(2)29(40)24-6-4-22(5-7-24)23-8-10-25(11-9-23)31(32,33)34/h4-11,26-28H,12-21H2,1-3H3. The molecule has 5 rings (SSSR count). The summed E-state index contributed by atoms with van der Waals surface area (Å²) in [6.45, 7) is 5.34. The van der Waals surface area contributed by atoms with Crippen molar-refractivity contribution < 1.29 is 22.8 Å². The number of carbonyl (C=O) groups excluding carboxylic acids is 2. The fourth-order valence-electron chi connectivity index (χ4n) is 6.41. The van der Waals surface area contributed by atoms with E-state index in [9.17, 15) is 22.8 Å². The molecule has 0 radical (unpaired) electrons. The van der Waals surface area contributed by atoms with Crippen LogP contribution < -0.4 is 0 Å². The van der Waals surface area contributed by atoms with Crippen molar-refractivity contribution in [2.75, 3.05) is 60.4 Å². The Morgan fingerprint density at radius 2 is 1.32 bits per heavy atom. The van der Waals surface area contributed by atoms with E-state index in [1.54, 1.807) is 36.2 Å². The second-order valence-corrected chi connectivity index (χ2v) is 11.8. The summed E-state index contributed by atoms with van der Waals surface area (Å²) in [6.07, 6.45) is -0.288. The van der Waals surface area contributed by atoms with Gasteiger partial charge in [-0.15, -0.1) is 0 Å². The SMILES string of the molecule is CN1CCC(N2CCC(N(C)C(=O)N3CCC(N(C)C(=O)c4ccc(-c5ccc(C(F)(F)F)cc5)cc4)C3)C2)CC1. The molecule has 3 fully saturated rings. The monoisotopic (exact) mass is 571 g/mol. The zero-order valence-electron chi connectivity index (χ0n) is 24.1. The summed E-state index contributed by atoms with van der Waals surface area (Å²) in [5.41, 5.74) is 1.20. The number of carbonyl (C=O) groups is 2. The lowest BCUT2D eigenvalue weighted by Gasteiger charge is -2.36. The van der Waals surface area contributed by atoms with Crippen molar-refractivity contribution in [1.82, 2.24) is 24.5 Å². The van der Waals surface area contributed by atoms with E-state index in [0.29, 0.717) is 30.3 Å². The maximum Gasteiger partial charge on any atom is 0.416 e. The molecule has 2 aromatic carbocycles. The van der Waals surface area contributed by atoms with Crippen molar-refractivity contribution >= 4 is 11.9 Å². The van der Waals surface area contributed by atoms with Gasteiger partial charge in [0, 0.05) is 57.9 Å². The van der Waals surface area contributed by atoms with Crippen LogP contribution in [0.15, 0.2) is 48.5 Å². The van der Waals surface area contributed by atoms with Crippen molar-refractivity contribution in [3.63, 3.8) is 0 Å². The van der Waals surface area contributed by atoms with Crippen molar-refractivity contribution in [3.05, 3.63) is 59.7 Å². The van der Waals surface area contributed by atoms with E-state index in [4.69, 9.17) is 0 Å². The molecule has 2 atom stereocenters. The van der Waals surface area contributed by atoms with E-state index in [-0.39, 0.29) is 24.0 Å². The van der Waals surface area contributed by atoms with Gasteiger partial charge in [0.25, 0.3) is 5.91 Å². The molecule has 7 nitrogen and oxygen atoms in total. The van der Waals surface area contributed by atoms with Gasteiger partial charge in [-0.2, -0.15) is 13.2 Å². The zero-order valence-corrected chi connectivity index (χ0v) is 24.1. The lowest BCUT2D eigenvalue weighted by atomic mass is 10.0. The third kappa shape index (κ3) is 6.54. The highest BCUT2D eigenvalue weighted by atomic mass is 19.4. The zero-order chi connectivity index (χ0) is 29.3. The molecule has 222 valence electrons. The molecule has 0 aromatic heterocycles. The molecule has 3 aliphatic rings. The van der Waals surface area contributed by atoms with Crippen molar-refractivity contribution in [2.24, 2.45) is 0 Å². The molecule has 3 heterocycles. The molecule has 0 spiro atoms. The van der Waals surface area contributed by atoms with Crippen LogP contribution in [0.3, 0.4) is 0 Å². The van der Waals surface area contributed by atoms with Crippen LogP contribution in [0, 0.1) is 0 Å². The predicted molar refractivity (Wildman–Crippen MR) is 153 cm³/mol. The number of alkyl halides is 3. The summed E-state index contributed by atoms with van der Waals surface area (Å²) in [7, 11) is 5.85. The number of piperidine rings is 1. The third-order valence-corrected chi connectivity index (χ3v) is 9.23. The summed E-state index contributed by atoms with van der Waals surface area (Å²) >= 11 is 0. The molecule has 3 saturated heterocycles.